The van der Waals surface area contributed by atoms with Crippen molar-refractivity contribution in [2.24, 2.45) is 14.1 Å². The minimum absolute atomic E-state index is 0.355. The fourth-order valence-electron chi connectivity index (χ4n) is 2.30. The Morgan fingerprint density at radius 3 is 2.65 bits per heavy atom. The molecule has 0 radical (unpaired) electrons. The maximum absolute atomic E-state index is 12.2. The molecule has 0 aliphatic heterocycles. The number of carbonyl (C=O) groups is 1. The lowest BCUT2D eigenvalue weighted by molar-refractivity contribution is 0.262. The fourth-order valence-corrected chi connectivity index (χ4v) is 2.30. The number of hydrogen-bond donors (Lipinski definition) is 3. The SMILES string of the molecule is Cc1n[nH]c(C)c1NC(=O)Nc1cc(-c2nccn2C)nn1C. The van der Waals surface area contributed by atoms with Gasteiger partial charge in [-0.05, 0) is 13.8 Å². The Kier molecular flexibility index (Phi) is 3.61. The molecule has 3 aromatic heterocycles. The third kappa shape index (κ3) is 2.80. The third-order valence-corrected chi connectivity index (χ3v) is 3.54. The first kappa shape index (κ1) is 14.8. The van der Waals surface area contributed by atoms with Gasteiger partial charge < -0.3 is 9.88 Å². The van der Waals surface area contributed by atoms with Crippen LogP contribution < -0.4 is 10.6 Å². The minimum atomic E-state index is -0.355. The molecule has 3 aromatic rings. The van der Waals surface area contributed by atoms with E-state index in [0.29, 0.717) is 17.2 Å². The molecule has 9 heteroatoms. The van der Waals surface area contributed by atoms with E-state index in [2.05, 4.69) is 30.9 Å². The van der Waals surface area contributed by atoms with Crippen LogP contribution in [0.15, 0.2) is 18.5 Å². The van der Waals surface area contributed by atoms with Crippen molar-refractivity contribution in [2.45, 2.75) is 13.8 Å². The van der Waals surface area contributed by atoms with E-state index in [1.807, 2.05) is 31.7 Å². The van der Waals surface area contributed by atoms with Crippen LogP contribution in [0.25, 0.3) is 11.5 Å². The number of rotatable bonds is 3. The number of imidazole rings is 1. The summed E-state index contributed by atoms with van der Waals surface area (Å²) in [5.41, 5.74) is 2.90. The lowest BCUT2D eigenvalue weighted by Gasteiger charge is -2.07. The molecule has 0 saturated carbocycles. The van der Waals surface area contributed by atoms with Crippen molar-refractivity contribution < 1.29 is 4.79 Å². The highest BCUT2D eigenvalue weighted by Crippen LogP contribution is 2.20. The van der Waals surface area contributed by atoms with Gasteiger partial charge in [-0.3, -0.25) is 15.1 Å². The highest BCUT2D eigenvalue weighted by atomic mass is 16.2. The van der Waals surface area contributed by atoms with Crippen molar-refractivity contribution >= 4 is 17.5 Å². The summed E-state index contributed by atoms with van der Waals surface area (Å²) in [6.45, 7) is 3.67. The Bertz CT molecular complexity index is 837. The van der Waals surface area contributed by atoms with Gasteiger partial charge >= 0.3 is 6.03 Å². The van der Waals surface area contributed by atoms with E-state index in [-0.39, 0.29) is 6.03 Å². The quantitative estimate of drug-likeness (QED) is 0.685. The van der Waals surface area contributed by atoms with Crippen molar-refractivity contribution in [1.29, 1.82) is 0 Å². The first-order valence-corrected chi connectivity index (χ1v) is 7.07. The van der Waals surface area contributed by atoms with E-state index in [1.165, 1.54) is 0 Å². The molecule has 2 amide bonds. The number of aromatic amines is 1. The number of aromatic nitrogens is 6. The second-order valence-electron chi connectivity index (χ2n) is 5.29. The standard InChI is InChI=1S/C14H18N8O/c1-8-12(9(2)19-18-8)17-14(23)16-11-7-10(20-22(11)4)13-15-5-6-21(13)3/h5-7H,1-4H3,(H,18,19)(H2,16,17,23). The molecule has 0 aliphatic carbocycles. The van der Waals surface area contributed by atoms with Crippen LogP contribution in [0.3, 0.4) is 0 Å². The van der Waals surface area contributed by atoms with Gasteiger partial charge in [0.1, 0.15) is 11.5 Å². The first-order chi connectivity index (χ1) is 11.0. The first-order valence-electron chi connectivity index (χ1n) is 7.07. The zero-order valence-corrected chi connectivity index (χ0v) is 13.4. The van der Waals surface area contributed by atoms with Gasteiger partial charge in [0.15, 0.2) is 5.82 Å². The Labute approximate surface area is 132 Å². The van der Waals surface area contributed by atoms with Crippen LogP contribution in [-0.2, 0) is 14.1 Å². The zero-order valence-electron chi connectivity index (χ0n) is 13.4. The predicted octanol–water partition coefficient (Wildman–Crippen LogP) is 1.80. The number of aryl methyl sites for hydroxylation is 4. The number of anilines is 2. The topological polar surface area (TPSA) is 105 Å². The van der Waals surface area contributed by atoms with Crippen LogP contribution in [0.2, 0.25) is 0 Å². The van der Waals surface area contributed by atoms with Gasteiger partial charge in [-0.2, -0.15) is 10.2 Å². The van der Waals surface area contributed by atoms with Gasteiger partial charge in [-0.1, -0.05) is 0 Å². The molecule has 0 aromatic carbocycles. The average molecular weight is 314 g/mol. The zero-order chi connectivity index (χ0) is 16.6. The number of nitrogens with one attached hydrogen (secondary N) is 3. The van der Waals surface area contributed by atoms with E-state index >= 15 is 0 Å². The van der Waals surface area contributed by atoms with Gasteiger partial charge in [0, 0.05) is 32.6 Å². The van der Waals surface area contributed by atoms with Crippen LogP contribution in [0, 0.1) is 13.8 Å². The molecule has 120 valence electrons. The predicted molar refractivity (Wildman–Crippen MR) is 86.1 cm³/mol. The summed E-state index contributed by atoms with van der Waals surface area (Å²) < 4.78 is 3.46. The number of amides is 2. The van der Waals surface area contributed by atoms with E-state index in [9.17, 15) is 4.79 Å². The van der Waals surface area contributed by atoms with E-state index in [4.69, 9.17) is 0 Å². The second-order valence-corrected chi connectivity index (χ2v) is 5.29. The van der Waals surface area contributed by atoms with Gasteiger partial charge in [0.2, 0.25) is 0 Å². The third-order valence-electron chi connectivity index (χ3n) is 3.54. The monoisotopic (exact) mass is 314 g/mol. The Balaban J connectivity index is 1.77. The molecule has 3 N–H and O–H groups in total. The molecule has 23 heavy (non-hydrogen) atoms. The second kappa shape index (κ2) is 5.59. The van der Waals surface area contributed by atoms with E-state index in [1.54, 1.807) is 24.0 Å². The summed E-state index contributed by atoms with van der Waals surface area (Å²) in [4.78, 5) is 16.4. The molecule has 0 saturated heterocycles. The summed E-state index contributed by atoms with van der Waals surface area (Å²) in [6.07, 6.45) is 3.54. The summed E-state index contributed by atoms with van der Waals surface area (Å²) in [6, 6.07) is 1.42. The van der Waals surface area contributed by atoms with Gasteiger partial charge in [0.05, 0.1) is 17.1 Å². The fraction of sp³-hybridized carbons (Fsp3) is 0.286. The molecule has 0 aliphatic rings. The molecule has 0 fully saturated rings. The number of hydrogen-bond acceptors (Lipinski definition) is 4. The normalized spacial score (nSPS) is 10.8. The molecular formula is C14H18N8O. The van der Waals surface area contributed by atoms with Gasteiger partial charge in [-0.15, -0.1) is 0 Å². The summed E-state index contributed by atoms with van der Waals surface area (Å²) in [5, 5.41) is 16.8. The van der Waals surface area contributed by atoms with Crippen LogP contribution in [0.5, 0.6) is 0 Å². The largest absolute Gasteiger partial charge is 0.333 e. The molecule has 0 spiro atoms. The number of nitrogens with zero attached hydrogens (tertiary/aromatic N) is 5. The van der Waals surface area contributed by atoms with Crippen molar-refractivity contribution in [1.82, 2.24) is 29.5 Å². The maximum Gasteiger partial charge on any atom is 0.324 e. The molecule has 0 atom stereocenters. The number of carbonyl (C=O) groups excluding carboxylic acids is 1. The van der Waals surface area contributed by atoms with Crippen molar-refractivity contribution in [3.8, 4) is 11.5 Å². The Morgan fingerprint density at radius 1 is 1.26 bits per heavy atom. The van der Waals surface area contributed by atoms with E-state index in [0.717, 1.165) is 17.2 Å². The number of urea groups is 1. The molecule has 3 heterocycles. The number of H-pyrrole nitrogens is 1. The van der Waals surface area contributed by atoms with E-state index < -0.39 is 0 Å². The maximum atomic E-state index is 12.2. The van der Waals surface area contributed by atoms with Crippen LogP contribution in [-0.4, -0.2) is 35.6 Å². The minimum Gasteiger partial charge on any atom is -0.333 e. The average Bonchev–Trinajstić information content (AvgIpc) is 3.15. The highest BCUT2D eigenvalue weighted by molar-refractivity contribution is 6.00. The smallest absolute Gasteiger partial charge is 0.324 e. The lowest BCUT2D eigenvalue weighted by Crippen LogP contribution is -2.21. The van der Waals surface area contributed by atoms with Crippen LogP contribution >= 0.6 is 0 Å². The van der Waals surface area contributed by atoms with Gasteiger partial charge in [0.25, 0.3) is 0 Å². The molecule has 0 unspecified atom stereocenters. The Morgan fingerprint density at radius 2 is 2.04 bits per heavy atom. The molecule has 9 nitrogen and oxygen atoms in total. The van der Waals surface area contributed by atoms with Crippen molar-refractivity contribution in [2.75, 3.05) is 10.6 Å². The van der Waals surface area contributed by atoms with Crippen molar-refractivity contribution in [3.63, 3.8) is 0 Å². The molecular weight excluding hydrogens is 296 g/mol. The lowest BCUT2D eigenvalue weighted by atomic mass is 10.3. The Hall–Kier alpha value is -3.10. The van der Waals surface area contributed by atoms with Gasteiger partial charge in [-0.25, -0.2) is 9.78 Å². The van der Waals surface area contributed by atoms with Crippen LogP contribution in [0.4, 0.5) is 16.3 Å². The van der Waals surface area contributed by atoms with Crippen LogP contribution in [0.1, 0.15) is 11.4 Å². The molecule has 0 bridgehead atoms. The summed E-state index contributed by atoms with van der Waals surface area (Å²) in [5.74, 6) is 1.30. The summed E-state index contributed by atoms with van der Waals surface area (Å²) in [7, 11) is 3.65. The summed E-state index contributed by atoms with van der Waals surface area (Å²) >= 11 is 0. The highest BCUT2D eigenvalue weighted by Gasteiger charge is 2.14. The molecule has 3 rings (SSSR count). The van der Waals surface area contributed by atoms with Crippen molar-refractivity contribution in [3.05, 3.63) is 29.8 Å².